The Morgan fingerprint density at radius 2 is 2.00 bits per heavy atom. The fraction of sp³-hybridized carbons (Fsp3) is 0.529. The van der Waals surface area contributed by atoms with Gasteiger partial charge in [0.25, 0.3) is 5.91 Å². The molecule has 0 bridgehead atoms. The van der Waals surface area contributed by atoms with Crippen molar-refractivity contribution in [2.45, 2.75) is 24.5 Å². The first-order chi connectivity index (χ1) is 11.7. The van der Waals surface area contributed by atoms with Crippen LogP contribution in [0, 0.1) is 0 Å². The molecule has 1 fully saturated rings. The Balaban J connectivity index is 1.57. The minimum absolute atomic E-state index is 0.0386. The quantitative estimate of drug-likeness (QED) is 0.365. The van der Waals surface area contributed by atoms with E-state index in [0.717, 1.165) is 29.9 Å². The number of guanidine groups is 1. The zero-order valence-corrected chi connectivity index (χ0v) is 16.4. The number of halogens is 1. The van der Waals surface area contributed by atoms with Gasteiger partial charge in [-0.1, -0.05) is 15.9 Å². The monoisotopic (exact) mass is 412 g/mol. The molecule has 0 radical (unpaired) electrons. The molecule has 1 unspecified atom stereocenters. The third-order valence-corrected chi connectivity index (χ3v) is 5.71. The van der Waals surface area contributed by atoms with Crippen LogP contribution in [0.3, 0.4) is 0 Å². The van der Waals surface area contributed by atoms with Crippen molar-refractivity contribution in [2.75, 3.05) is 32.4 Å². The zero-order chi connectivity index (χ0) is 17.2. The van der Waals surface area contributed by atoms with Crippen LogP contribution in [0.2, 0.25) is 0 Å². The van der Waals surface area contributed by atoms with E-state index in [2.05, 4.69) is 36.9 Å². The lowest BCUT2D eigenvalue weighted by Gasteiger charge is -2.14. The van der Waals surface area contributed by atoms with E-state index in [1.54, 1.807) is 7.05 Å². The predicted octanol–water partition coefficient (Wildman–Crippen LogP) is 2.63. The van der Waals surface area contributed by atoms with Crippen molar-refractivity contribution in [1.29, 1.82) is 0 Å². The van der Waals surface area contributed by atoms with E-state index in [0.29, 0.717) is 17.4 Å². The number of hydrogen-bond donors (Lipinski definition) is 3. The third kappa shape index (κ3) is 6.73. The van der Waals surface area contributed by atoms with Gasteiger partial charge in [0.2, 0.25) is 0 Å². The topological polar surface area (TPSA) is 65.5 Å². The Kier molecular flexibility index (Phi) is 8.45. The summed E-state index contributed by atoms with van der Waals surface area (Å²) in [4.78, 5) is 16.2. The largest absolute Gasteiger partial charge is 0.356 e. The van der Waals surface area contributed by atoms with Crippen molar-refractivity contribution in [1.82, 2.24) is 16.0 Å². The maximum Gasteiger partial charge on any atom is 0.251 e. The van der Waals surface area contributed by atoms with Gasteiger partial charge in [-0.2, -0.15) is 11.8 Å². The normalized spacial score (nSPS) is 17.6. The number of hydrogen-bond acceptors (Lipinski definition) is 3. The fourth-order valence-electron chi connectivity index (χ4n) is 2.44. The second-order valence-electron chi connectivity index (χ2n) is 5.63. The summed E-state index contributed by atoms with van der Waals surface area (Å²) in [5, 5.41) is 10.3. The summed E-state index contributed by atoms with van der Waals surface area (Å²) >= 11 is 5.40. The van der Waals surface area contributed by atoms with Crippen LogP contribution in [0.15, 0.2) is 33.7 Å². The molecule has 1 aliphatic heterocycles. The highest BCUT2D eigenvalue weighted by Gasteiger charge is 2.15. The van der Waals surface area contributed by atoms with E-state index in [-0.39, 0.29) is 5.91 Å². The van der Waals surface area contributed by atoms with Gasteiger partial charge in [-0.05, 0) is 49.3 Å². The van der Waals surface area contributed by atoms with Crippen LogP contribution in [-0.4, -0.2) is 49.6 Å². The van der Waals surface area contributed by atoms with Crippen LogP contribution < -0.4 is 16.0 Å². The van der Waals surface area contributed by atoms with Gasteiger partial charge in [0.1, 0.15) is 0 Å². The van der Waals surface area contributed by atoms with Crippen molar-refractivity contribution in [3.05, 3.63) is 34.3 Å². The lowest BCUT2D eigenvalue weighted by atomic mass is 10.2. The minimum Gasteiger partial charge on any atom is -0.356 e. The molecule has 0 aromatic heterocycles. The molecule has 5 nitrogen and oxygen atoms in total. The first-order valence-electron chi connectivity index (χ1n) is 8.29. The summed E-state index contributed by atoms with van der Waals surface area (Å²) in [7, 11) is 1.78. The summed E-state index contributed by atoms with van der Waals surface area (Å²) in [5.74, 6) is 2.07. The van der Waals surface area contributed by atoms with E-state index < -0.39 is 0 Å². The molecule has 24 heavy (non-hydrogen) atoms. The summed E-state index contributed by atoms with van der Waals surface area (Å²) in [6.07, 6.45) is 3.46. The van der Waals surface area contributed by atoms with E-state index in [4.69, 9.17) is 0 Å². The minimum atomic E-state index is -0.0386. The number of amides is 1. The van der Waals surface area contributed by atoms with Gasteiger partial charge < -0.3 is 16.0 Å². The molecule has 1 saturated heterocycles. The molecule has 1 amide bonds. The van der Waals surface area contributed by atoms with Crippen LogP contribution in [0.25, 0.3) is 0 Å². The molecule has 0 saturated carbocycles. The number of rotatable bonds is 7. The summed E-state index contributed by atoms with van der Waals surface area (Å²) in [5.41, 5.74) is 0.678. The van der Waals surface area contributed by atoms with Gasteiger partial charge in [-0.15, -0.1) is 0 Å². The number of carbonyl (C=O) groups is 1. The average molecular weight is 413 g/mol. The Bertz CT molecular complexity index is 544. The Morgan fingerprint density at radius 3 is 2.67 bits per heavy atom. The highest BCUT2D eigenvalue weighted by molar-refractivity contribution is 9.10. The molecule has 1 atom stereocenters. The summed E-state index contributed by atoms with van der Waals surface area (Å²) < 4.78 is 0.970. The van der Waals surface area contributed by atoms with E-state index in [9.17, 15) is 4.79 Å². The molecule has 2 rings (SSSR count). The highest BCUT2D eigenvalue weighted by atomic mass is 79.9. The summed E-state index contributed by atoms with van der Waals surface area (Å²) in [6.45, 7) is 2.38. The van der Waals surface area contributed by atoms with Crippen LogP contribution in [0.1, 0.15) is 29.6 Å². The van der Waals surface area contributed by atoms with Crippen LogP contribution in [0.4, 0.5) is 0 Å². The second kappa shape index (κ2) is 10.6. The molecule has 7 heteroatoms. The number of carbonyl (C=O) groups excluding carboxylic acids is 1. The van der Waals surface area contributed by atoms with Crippen molar-refractivity contribution < 1.29 is 4.79 Å². The molecular formula is C17H25BrN4OS. The lowest BCUT2D eigenvalue weighted by Crippen LogP contribution is -2.41. The number of nitrogens with one attached hydrogen (secondary N) is 3. The second-order valence-corrected chi connectivity index (χ2v) is 7.96. The molecule has 1 aromatic carbocycles. The van der Waals surface area contributed by atoms with Gasteiger partial charge in [-0.25, -0.2) is 0 Å². The SMILES string of the molecule is CN=C(NCCCNC(=O)c1ccc(Br)cc1)NCC1CCCS1. The Morgan fingerprint density at radius 1 is 1.25 bits per heavy atom. The maximum absolute atomic E-state index is 12.0. The first kappa shape index (κ1) is 19.1. The number of aliphatic imine (C=N–C) groups is 1. The molecule has 0 spiro atoms. The lowest BCUT2D eigenvalue weighted by molar-refractivity contribution is 0.0953. The third-order valence-electron chi connectivity index (χ3n) is 3.78. The molecule has 3 N–H and O–H groups in total. The van der Waals surface area contributed by atoms with Crippen molar-refractivity contribution in [3.63, 3.8) is 0 Å². The van der Waals surface area contributed by atoms with E-state index in [1.807, 2.05) is 36.0 Å². The van der Waals surface area contributed by atoms with E-state index in [1.165, 1.54) is 18.6 Å². The highest BCUT2D eigenvalue weighted by Crippen LogP contribution is 2.25. The van der Waals surface area contributed by atoms with Crippen LogP contribution >= 0.6 is 27.7 Å². The van der Waals surface area contributed by atoms with E-state index >= 15 is 0 Å². The Labute approximate surface area is 156 Å². The fourth-order valence-corrected chi connectivity index (χ4v) is 3.90. The smallest absolute Gasteiger partial charge is 0.251 e. The Hall–Kier alpha value is -1.21. The van der Waals surface area contributed by atoms with Gasteiger partial charge in [0, 0.05) is 42.0 Å². The first-order valence-corrected chi connectivity index (χ1v) is 10.1. The number of benzene rings is 1. The number of thioether (sulfide) groups is 1. The van der Waals surface area contributed by atoms with Gasteiger partial charge >= 0.3 is 0 Å². The van der Waals surface area contributed by atoms with Gasteiger partial charge in [0.15, 0.2) is 5.96 Å². The average Bonchev–Trinajstić information content (AvgIpc) is 3.11. The molecular weight excluding hydrogens is 388 g/mol. The summed E-state index contributed by atoms with van der Waals surface area (Å²) in [6, 6.07) is 7.36. The molecule has 1 aliphatic rings. The molecule has 0 aliphatic carbocycles. The molecule has 1 aromatic rings. The predicted molar refractivity (Wildman–Crippen MR) is 106 cm³/mol. The molecule has 132 valence electrons. The van der Waals surface area contributed by atoms with Gasteiger partial charge in [0.05, 0.1) is 0 Å². The van der Waals surface area contributed by atoms with Crippen molar-refractivity contribution in [2.24, 2.45) is 4.99 Å². The molecule has 1 heterocycles. The maximum atomic E-state index is 12.0. The number of nitrogens with zero attached hydrogens (tertiary/aromatic N) is 1. The van der Waals surface area contributed by atoms with Crippen molar-refractivity contribution in [3.8, 4) is 0 Å². The standard InChI is InChI=1S/C17H25BrN4OS/c1-19-17(22-12-15-4-2-11-24-15)21-10-3-9-20-16(23)13-5-7-14(18)8-6-13/h5-8,15H,2-4,9-12H2,1H3,(H,20,23)(H2,19,21,22). The van der Waals surface area contributed by atoms with Crippen LogP contribution in [0.5, 0.6) is 0 Å². The van der Waals surface area contributed by atoms with Crippen molar-refractivity contribution >= 4 is 39.6 Å². The van der Waals surface area contributed by atoms with Gasteiger partial charge in [-0.3, -0.25) is 9.79 Å². The van der Waals surface area contributed by atoms with Crippen LogP contribution in [-0.2, 0) is 0 Å². The zero-order valence-electron chi connectivity index (χ0n) is 14.0.